The van der Waals surface area contributed by atoms with Crippen molar-refractivity contribution in [2.45, 2.75) is 33.4 Å². The number of azo groups is 2. The number of hydrogen-bond acceptors (Lipinski definition) is 17. The Morgan fingerprint density at radius 3 is 1.15 bits per heavy atom. The number of rotatable bonds is 9. The van der Waals surface area contributed by atoms with Crippen molar-refractivity contribution in [2.24, 2.45) is 20.5 Å². The van der Waals surface area contributed by atoms with Crippen molar-refractivity contribution in [3.63, 3.8) is 0 Å². The standard InChI is InChI=1S/C34H28N6O14S4.Na/c1-15-11-17(3-7-21(15)37-39-23-9-5-19-25(55(43,44)45)13-27(57(49,50)51)31(35)29(19)33(23)41)18-4-8-22(16(2)12-18)38-40-24-10-6-20-26(56(46,47)48)14-28(58(52,53)54)32(36)30(20)34(24)42;/h3-14,41-42H,35-36H2,1-2H3,(H,43,44,45)(H,46,47,48)(H,49,50,51)(H,52,53,54);/q;+1/p-1. The second-order valence-corrected chi connectivity index (χ2v) is 18.1. The van der Waals surface area contributed by atoms with Crippen LogP contribution in [-0.2, 0) is 40.5 Å². The first-order chi connectivity index (χ1) is 26.8. The van der Waals surface area contributed by atoms with Crippen LogP contribution in [0.3, 0.4) is 0 Å². The van der Waals surface area contributed by atoms with Gasteiger partial charge in [0.15, 0.2) is 11.5 Å². The molecule has 0 amide bonds. The molecule has 0 saturated heterocycles. The SMILES string of the molecule is Cc1cc(-c2ccc(N=Nc3ccc4c(S(=O)(=O)O)cc(S(=O)(=O)O)c(N)c4c3O)c(C)c2)ccc1N=Nc1ccc2c(S(=O)(=O)O)cc(S(=O)(=O)[O-])c(N)c2c1O.[Na+]. The third-order valence-electron chi connectivity index (χ3n) is 8.80. The Morgan fingerprint density at radius 2 is 0.814 bits per heavy atom. The minimum atomic E-state index is -5.35. The molecule has 0 aromatic heterocycles. The maximum Gasteiger partial charge on any atom is 1.00 e. The summed E-state index contributed by atoms with van der Waals surface area (Å²) >= 11 is 0. The molecule has 0 unspecified atom stereocenters. The van der Waals surface area contributed by atoms with E-state index in [9.17, 15) is 62.1 Å². The zero-order valence-electron chi connectivity index (χ0n) is 30.4. The largest absolute Gasteiger partial charge is 1.00 e. The molecular formula is C34H27N6NaO14S4. The fourth-order valence-corrected chi connectivity index (χ4v) is 8.89. The molecule has 0 radical (unpaired) electrons. The number of aromatic hydroxyl groups is 2. The van der Waals surface area contributed by atoms with E-state index in [2.05, 4.69) is 20.5 Å². The van der Waals surface area contributed by atoms with Crippen molar-refractivity contribution < 1.29 is 91.7 Å². The Balaban J connectivity index is 0.00000661. The van der Waals surface area contributed by atoms with Crippen LogP contribution in [0.5, 0.6) is 11.5 Å². The molecule has 9 N–H and O–H groups in total. The van der Waals surface area contributed by atoms with Gasteiger partial charge in [-0.05, 0) is 84.6 Å². The van der Waals surface area contributed by atoms with Gasteiger partial charge in [0.25, 0.3) is 30.4 Å². The normalized spacial score (nSPS) is 12.8. The summed E-state index contributed by atoms with van der Waals surface area (Å²) < 4.78 is 136. The van der Waals surface area contributed by atoms with E-state index in [0.717, 1.165) is 24.3 Å². The number of phenols is 2. The molecule has 6 aromatic carbocycles. The Hall–Kier alpha value is -5.12. The zero-order valence-corrected chi connectivity index (χ0v) is 35.7. The third-order valence-corrected chi connectivity index (χ3v) is 12.4. The van der Waals surface area contributed by atoms with Gasteiger partial charge in [-0.25, -0.2) is 8.42 Å². The van der Waals surface area contributed by atoms with E-state index >= 15 is 0 Å². The molecule has 20 nitrogen and oxygen atoms in total. The van der Waals surface area contributed by atoms with Crippen molar-refractivity contribution in [1.82, 2.24) is 0 Å². The molecule has 6 rings (SSSR count). The number of hydrogen-bond donors (Lipinski definition) is 7. The summed E-state index contributed by atoms with van der Waals surface area (Å²) in [5.41, 5.74) is 13.0. The van der Waals surface area contributed by atoms with Gasteiger partial charge < -0.3 is 26.2 Å². The van der Waals surface area contributed by atoms with Gasteiger partial charge in [0.1, 0.15) is 36.2 Å². The maximum atomic E-state index is 12.0. The second-order valence-electron chi connectivity index (χ2n) is 12.6. The Kier molecular flexibility index (Phi) is 12.1. The van der Waals surface area contributed by atoms with Gasteiger partial charge in [0.05, 0.1) is 38.4 Å². The molecule has 0 aliphatic carbocycles. The van der Waals surface area contributed by atoms with E-state index in [0.29, 0.717) is 45.8 Å². The van der Waals surface area contributed by atoms with Crippen molar-refractivity contribution in [3.8, 4) is 22.6 Å². The number of fused-ring (bicyclic) bond motifs is 2. The number of phenolic OH excluding ortho intramolecular Hbond substituents is 2. The Bertz CT molecular complexity index is 3090. The summed E-state index contributed by atoms with van der Waals surface area (Å²) in [4.78, 5) is -4.16. The van der Waals surface area contributed by atoms with Crippen LogP contribution >= 0.6 is 0 Å². The molecular weight excluding hydrogens is 868 g/mol. The molecule has 6 aromatic rings. The first-order valence-corrected chi connectivity index (χ1v) is 21.6. The summed E-state index contributed by atoms with van der Waals surface area (Å²) in [6.07, 6.45) is 0. The van der Waals surface area contributed by atoms with Crippen LogP contribution in [0.4, 0.5) is 34.1 Å². The van der Waals surface area contributed by atoms with Crippen LogP contribution in [0.15, 0.2) is 113 Å². The summed E-state index contributed by atoms with van der Waals surface area (Å²) in [5, 5.41) is 36.4. The molecule has 0 aliphatic rings. The van der Waals surface area contributed by atoms with Crippen molar-refractivity contribution in [1.29, 1.82) is 0 Å². The third kappa shape index (κ3) is 8.78. The van der Waals surface area contributed by atoms with Crippen LogP contribution in [0.25, 0.3) is 32.7 Å². The quantitative estimate of drug-likeness (QED) is 0.0473. The fraction of sp³-hybridized carbons (Fsp3) is 0.0588. The first-order valence-electron chi connectivity index (χ1n) is 15.9. The number of nitrogens with zero attached hydrogens (tertiary/aromatic N) is 4. The molecule has 0 saturated carbocycles. The Labute approximate surface area is 357 Å². The number of anilines is 2. The van der Waals surface area contributed by atoms with Crippen LogP contribution in [0.1, 0.15) is 11.1 Å². The van der Waals surface area contributed by atoms with Crippen LogP contribution in [0.2, 0.25) is 0 Å². The smallest absolute Gasteiger partial charge is 0.744 e. The van der Waals surface area contributed by atoms with Crippen LogP contribution < -0.4 is 41.0 Å². The van der Waals surface area contributed by atoms with Gasteiger partial charge in [0.2, 0.25) is 0 Å². The molecule has 0 fully saturated rings. The number of nitrogens with two attached hydrogens (primary N) is 2. The number of nitrogen functional groups attached to an aromatic ring is 2. The van der Waals surface area contributed by atoms with E-state index in [4.69, 9.17) is 11.5 Å². The summed E-state index contributed by atoms with van der Waals surface area (Å²) in [6, 6.07) is 15.5. The maximum absolute atomic E-state index is 12.0. The summed E-state index contributed by atoms with van der Waals surface area (Å²) in [6.45, 7) is 3.41. The van der Waals surface area contributed by atoms with E-state index in [1.54, 1.807) is 50.2 Å². The minimum absolute atomic E-state index is 0. The summed E-state index contributed by atoms with van der Waals surface area (Å²) in [7, 11) is -20.6. The monoisotopic (exact) mass is 894 g/mol. The van der Waals surface area contributed by atoms with Gasteiger partial charge in [-0.1, -0.05) is 24.3 Å². The van der Waals surface area contributed by atoms with Gasteiger partial charge in [-0.3, -0.25) is 13.7 Å². The number of aryl methyl sites for hydroxylation is 2. The predicted molar refractivity (Wildman–Crippen MR) is 207 cm³/mol. The van der Waals surface area contributed by atoms with E-state index in [-0.39, 0.29) is 51.7 Å². The second kappa shape index (κ2) is 15.8. The van der Waals surface area contributed by atoms with Crippen molar-refractivity contribution in [2.75, 3.05) is 11.5 Å². The Morgan fingerprint density at radius 1 is 0.492 bits per heavy atom. The molecule has 25 heteroatoms. The number of benzene rings is 6. The van der Waals surface area contributed by atoms with Crippen molar-refractivity contribution >= 4 is 96.1 Å². The zero-order chi connectivity index (χ0) is 42.9. The predicted octanol–water partition coefficient (Wildman–Crippen LogP) is 3.33. The molecule has 302 valence electrons. The first kappa shape index (κ1) is 45.0. The van der Waals surface area contributed by atoms with Gasteiger partial charge >= 0.3 is 29.6 Å². The van der Waals surface area contributed by atoms with Crippen LogP contribution in [-0.4, -0.2) is 62.1 Å². The van der Waals surface area contributed by atoms with Crippen LogP contribution in [0, 0.1) is 13.8 Å². The fourth-order valence-electron chi connectivity index (χ4n) is 6.03. The molecule has 0 spiro atoms. The van der Waals surface area contributed by atoms with E-state index in [1.807, 2.05) is 0 Å². The molecule has 0 heterocycles. The average molecular weight is 895 g/mol. The molecule has 0 bridgehead atoms. The van der Waals surface area contributed by atoms with Gasteiger partial charge in [-0.15, -0.1) is 10.2 Å². The van der Waals surface area contributed by atoms with Gasteiger partial charge in [-0.2, -0.15) is 35.5 Å². The average Bonchev–Trinajstić information content (AvgIpc) is 3.09. The van der Waals surface area contributed by atoms with Crippen molar-refractivity contribution in [3.05, 3.63) is 83.9 Å². The molecule has 0 aliphatic heterocycles. The van der Waals surface area contributed by atoms with Gasteiger partial charge in [0, 0.05) is 10.8 Å². The minimum Gasteiger partial charge on any atom is -0.744 e. The summed E-state index contributed by atoms with van der Waals surface area (Å²) in [5.74, 6) is -1.60. The topological polar surface area (TPSA) is 362 Å². The molecule has 0 atom stereocenters. The molecule has 59 heavy (non-hydrogen) atoms. The van der Waals surface area contributed by atoms with E-state index < -0.39 is 93.7 Å². The van der Waals surface area contributed by atoms with E-state index in [1.165, 1.54) is 0 Å².